The summed E-state index contributed by atoms with van der Waals surface area (Å²) >= 11 is 5.36. The van der Waals surface area contributed by atoms with Crippen LogP contribution in [0.4, 0.5) is 13.2 Å². The molecule has 0 aliphatic heterocycles. The molecule has 17 heavy (non-hydrogen) atoms. The van der Waals surface area contributed by atoms with Crippen molar-refractivity contribution in [1.82, 2.24) is 4.31 Å². The van der Waals surface area contributed by atoms with Crippen LogP contribution >= 0.6 is 11.6 Å². The molecule has 8 heteroatoms. The largest absolute Gasteiger partial charge is 0.402 e. The minimum Gasteiger partial charge on any atom is -0.212 e. The first-order chi connectivity index (χ1) is 7.77. The van der Waals surface area contributed by atoms with E-state index in [2.05, 4.69) is 0 Å². The van der Waals surface area contributed by atoms with Gasteiger partial charge in [-0.15, -0.1) is 11.6 Å². The van der Waals surface area contributed by atoms with Gasteiger partial charge in [0, 0.05) is 12.4 Å². The van der Waals surface area contributed by atoms with E-state index in [1.54, 1.807) is 0 Å². The maximum atomic E-state index is 12.3. The summed E-state index contributed by atoms with van der Waals surface area (Å²) < 4.78 is 61.3. The SMILES string of the molecule is O=S(=O)(C1CCCC1)N(CCCl)CC(F)(F)F. The fraction of sp³-hybridized carbons (Fsp3) is 1.00. The van der Waals surface area contributed by atoms with E-state index in [-0.39, 0.29) is 12.4 Å². The summed E-state index contributed by atoms with van der Waals surface area (Å²) in [5.41, 5.74) is 0. The van der Waals surface area contributed by atoms with E-state index < -0.39 is 28.0 Å². The molecule has 0 unspecified atom stereocenters. The van der Waals surface area contributed by atoms with Crippen LogP contribution in [-0.2, 0) is 10.0 Å². The summed E-state index contributed by atoms with van der Waals surface area (Å²) in [4.78, 5) is 0. The molecule has 0 aromatic carbocycles. The van der Waals surface area contributed by atoms with Crippen molar-refractivity contribution in [1.29, 1.82) is 0 Å². The van der Waals surface area contributed by atoms with Gasteiger partial charge in [0.15, 0.2) is 0 Å². The topological polar surface area (TPSA) is 37.4 Å². The number of nitrogens with zero attached hydrogens (tertiary/aromatic N) is 1. The summed E-state index contributed by atoms with van der Waals surface area (Å²) in [6, 6.07) is 0. The van der Waals surface area contributed by atoms with Crippen LogP contribution in [0.15, 0.2) is 0 Å². The molecule has 0 aromatic heterocycles. The molecule has 1 aliphatic carbocycles. The molecule has 0 aromatic rings. The van der Waals surface area contributed by atoms with Gasteiger partial charge >= 0.3 is 6.18 Å². The van der Waals surface area contributed by atoms with E-state index in [0.717, 1.165) is 12.8 Å². The van der Waals surface area contributed by atoms with Crippen LogP contribution in [0.2, 0.25) is 0 Å². The van der Waals surface area contributed by atoms with Crippen molar-refractivity contribution in [2.75, 3.05) is 19.0 Å². The molecule has 3 nitrogen and oxygen atoms in total. The van der Waals surface area contributed by atoms with Crippen molar-refractivity contribution in [2.45, 2.75) is 37.1 Å². The van der Waals surface area contributed by atoms with Crippen molar-refractivity contribution >= 4 is 21.6 Å². The van der Waals surface area contributed by atoms with E-state index in [1.807, 2.05) is 0 Å². The average molecular weight is 294 g/mol. The summed E-state index contributed by atoms with van der Waals surface area (Å²) in [7, 11) is -3.87. The maximum Gasteiger partial charge on any atom is 0.402 e. The first kappa shape index (κ1) is 15.0. The second-order valence-electron chi connectivity index (χ2n) is 4.09. The third kappa shape index (κ3) is 4.30. The van der Waals surface area contributed by atoms with Crippen LogP contribution in [0.1, 0.15) is 25.7 Å². The highest BCUT2D eigenvalue weighted by Gasteiger charge is 2.40. The normalized spacial score (nSPS) is 19.1. The van der Waals surface area contributed by atoms with Gasteiger partial charge in [0.05, 0.1) is 5.25 Å². The molecule has 0 amide bonds. The van der Waals surface area contributed by atoms with Gasteiger partial charge < -0.3 is 0 Å². The lowest BCUT2D eigenvalue weighted by Crippen LogP contribution is -2.44. The predicted molar refractivity (Wildman–Crippen MR) is 59.5 cm³/mol. The fourth-order valence-electron chi connectivity index (χ4n) is 1.99. The molecule has 0 radical (unpaired) electrons. The molecule has 0 saturated heterocycles. The zero-order valence-corrected chi connectivity index (χ0v) is 10.8. The first-order valence-electron chi connectivity index (χ1n) is 5.39. The Hall–Kier alpha value is -0.0100. The van der Waals surface area contributed by atoms with Gasteiger partial charge in [0.25, 0.3) is 0 Å². The number of rotatable bonds is 5. The van der Waals surface area contributed by atoms with Crippen molar-refractivity contribution in [3.05, 3.63) is 0 Å². The van der Waals surface area contributed by atoms with E-state index in [4.69, 9.17) is 11.6 Å². The Morgan fingerprint density at radius 3 is 2.18 bits per heavy atom. The Morgan fingerprint density at radius 1 is 1.24 bits per heavy atom. The third-order valence-electron chi connectivity index (χ3n) is 2.77. The van der Waals surface area contributed by atoms with Crippen LogP contribution in [0.3, 0.4) is 0 Å². The molecule has 1 fully saturated rings. The lowest BCUT2D eigenvalue weighted by Gasteiger charge is -2.25. The van der Waals surface area contributed by atoms with Crippen molar-refractivity contribution in [3.63, 3.8) is 0 Å². The van der Waals surface area contributed by atoms with Gasteiger partial charge in [0.2, 0.25) is 10.0 Å². The van der Waals surface area contributed by atoms with Crippen molar-refractivity contribution in [3.8, 4) is 0 Å². The molecular formula is C9H15ClF3NO2S. The molecule has 0 heterocycles. The summed E-state index contributed by atoms with van der Waals surface area (Å²) in [6.07, 6.45) is -2.13. The Bertz CT molecular complexity index is 339. The van der Waals surface area contributed by atoms with Crippen LogP contribution in [-0.4, -0.2) is 43.1 Å². The smallest absolute Gasteiger partial charge is 0.212 e. The van der Waals surface area contributed by atoms with E-state index in [1.165, 1.54) is 0 Å². The zero-order chi connectivity index (χ0) is 13.1. The fourth-order valence-corrected chi connectivity index (χ4v) is 4.31. The number of hydrogen-bond donors (Lipinski definition) is 0. The molecule has 1 aliphatic rings. The van der Waals surface area contributed by atoms with Gasteiger partial charge in [-0.2, -0.15) is 17.5 Å². The highest BCUT2D eigenvalue weighted by Crippen LogP contribution is 2.29. The highest BCUT2D eigenvalue weighted by molar-refractivity contribution is 7.89. The quantitative estimate of drug-likeness (QED) is 0.730. The molecule has 1 saturated carbocycles. The number of hydrogen-bond acceptors (Lipinski definition) is 2. The van der Waals surface area contributed by atoms with Crippen LogP contribution < -0.4 is 0 Å². The molecule has 102 valence electrons. The minimum atomic E-state index is -4.53. The lowest BCUT2D eigenvalue weighted by molar-refractivity contribution is -0.135. The van der Waals surface area contributed by atoms with Gasteiger partial charge in [-0.05, 0) is 12.8 Å². The predicted octanol–water partition coefficient (Wildman–Crippen LogP) is 2.36. The number of sulfonamides is 1. The summed E-state index contributed by atoms with van der Waals surface area (Å²) in [5.74, 6) is -0.137. The van der Waals surface area contributed by atoms with Crippen molar-refractivity contribution < 1.29 is 21.6 Å². The van der Waals surface area contributed by atoms with Crippen molar-refractivity contribution in [2.24, 2.45) is 0 Å². The first-order valence-corrected chi connectivity index (χ1v) is 7.43. The molecule has 0 bridgehead atoms. The Morgan fingerprint density at radius 2 is 1.76 bits per heavy atom. The van der Waals surface area contributed by atoms with Crippen LogP contribution in [0.25, 0.3) is 0 Å². The van der Waals surface area contributed by atoms with E-state index in [0.29, 0.717) is 17.1 Å². The second-order valence-corrected chi connectivity index (χ2v) is 6.68. The van der Waals surface area contributed by atoms with Gasteiger partial charge in [-0.25, -0.2) is 8.42 Å². The van der Waals surface area contributed by atoms with E-state index in [9.17, 15) is 21.6 Å². The second kappa shape index (κ2) is 5.75. The lowest BCUT2D eigenvalue weighted by atomic mass is 10.4. The Balaban J connectivity index is 2.81. The maximum absolute atomic E-state index is 12.3. The van der Waals surface area contributed by atoms with Gasteiger partial charge in [-0.3, -0.25) is 0 Å². The number of alkyl halides is 4. The molecule has 0 spiro atoms. The average Bonchev–Trinajstić information content (AvgIpc) is 2.68. The minimum absolute atomic E-state index is 0.137. The summed E-state index contributed by atoms with van der Waals surface area (Å²) in [6.45, 7) is -1.74. The molecule has 0 N–H and O–H groups in total. The third-order valence-corrected chi connectivity index (χ3v) is 5.29. The molecular weight excluding hydrogens is 279 g/mol. The van der Waals surface area contributed by atoms with Crippen LogP contribution in [0, 0.1) is 0 Å². The van der Waals surface area contributed by atoms with Gasteiger partial charge in [-0.1, -0.05) is 12.8 Å². The highest BCUT2D eigenvalue weighted by atomic mass is 35.5. The monoisotopic (exact) mass is 293 g/mol. The standard InChI is InChI=1S/C9H15ClF3NO2S/c10-5-6-14(7-9(11,12)13)17(15,16)8-3-1-2-4-8/h8H,1-7H2. The van der Waals surface area contributed by atoms with Gasteiger partial charge in [0.1, 0.15) is 6.54 Å². The molecule has 0 atom stereocenters. The number of halogens is 4. The van der Waals surface area contributed by atoms with Crippen LogP contribution in [0.5, 0.6) is 0 Å². The molecule has 1 rings (SSSR count). The zero-order valence-electron chi connectivity index (χ0n) is 9.21. The Kier molecular flexibility index (Phi) is 5.09. The Labute approximate surface area is 104 Å². The summed E-state index contributed by atoms with van der Waals surface area (Å²) in [5, 5.41) is -0.673. The van der Waals surface area contributed by atoms with E-state index >= 15 is 0 Å².